The first-order chi connectivity index (χ1) is 8.10. The largest absolute Gasteiger partial charge is 0.381 e. The van der Waals surface area contributed by atoms with Gasteiger partial charge in [-0.25, -0.2) is 0 Å². The first-order valence-electron chi connectivity index (χ1n) is 6.03. The van der Waals surface area contributed by atoms with Gasteiger partial charge in [0.25, 0.3) is 0 Å². The number of carbonyl (C=O) groups excluding carboxylic acids is 1. The van der Waals surface area contributed by atoms with Crippen LogP contribution in [0.15, 0.2) is 0 Å². The van der Waals surface area contributed by atoms with E-state index in [2.05, 4.69) is 16.3 Å². The molecule has 1 rings (SSSR count). The quantitative estimate of drug-likeness (QED) is 0.704. The van der Waals surface area contributed by atoms with Gasteiger partial charge >= 0.3 is 0 Å². The molecule has 5 heteroatoms. The summed E-state index contributed by atoms with van der Waals surface area (Å²) in [5.74, 6) is -0.137. The lowest BCUT2D eigenvalue weighted by Gasteiger charge is -2.29. The highest BCUT2D eigenvalue weighted by Crippen LogP contribution is 2.29. The van der Waals surface area contributed by atoms with Crippen molar-refractivity contribution in [1.29, 1.82) is 5.26 Å². The molecule has 0 aliphatic carbocycles. The fourth-order valence-electron chi connectivity index (χ4n) is 1.88. The minimum atomic E-state index is -0.865. The van der Waals surface area contributed by atoms with Crippen molar-refractivity contribution in [2.24, 2.45) is 5.41 Å². The summed E-state index contributed by atoms with van der Waals surface area (Å²) in [5.41, 5.74) is -0.865. The van der Waals surface area contributed by atoms with Crippen molar-refractivity contribution in [3.05, 3.63) is 0 Å². The van der Waals surface area contributed by atoms with E-state index in [4.69, 9.17) is 4.74 Å². The van der Waals surface area contributed by atoms with Gasteiger partial charge in [0.1, 0.15) is 5.41 Å². The van der Waals surface area contributed by atoms with Gasteiger partial charge in [-0.1, -0.05) is 0 Å². The lowest BCUT2D eigenvalue weighted by atomic mass is 9.81. The Morgan fingerprint density at radius 3 is 2.65 bits per heavy atom. The summed E-state index contributed by atoms with van der Waals surface area (Å²) in [7, 11) is 3.99. The summed E-state index contributed by atoms with van der Waals surface area (Å²) in [6.45, 7) is 2.56. The zero-order valence-electron chi connectivity index (χ0n) is 10.7. The second-order valence-electron chi connectivity index (χ2n) is 4.72. The molecule has 0 unspecified atom stereocenters. The van der Waals surface area contributed by atoms with Gasteiger partial charge < -0.3 is 15.0 Å². The molecule has 1 amide bonds. The van der Waals surface area contributed by atoms with Crippen molar-refractivity contribution in [2.75, 3.05) is 40.4 Å². The van der Waals surface area contributed by atoms with Gasteiger partial charge in [0.15, 0.2) is 0 Å². The number of hydrogen-bond acceptors (Lipinski definition) is 4. The molecular weight excluding hydrogens is 218 g/mol. The third kappa shape index (κ3) is 3.99. The van der Waals surface area contributed by atoms with E-state index in [-0.39, 0.29) is 5.91 Å². The standard InChI is InChI=1S/C12H21N3O2/c1-15(2)7-3-6-14-11(16)12(10-13)4-8-17-9-5-12/h3-9H2,1-2H3,(H,14,16). The topological polar surface area (TPSA) is 65.4 Å². The maximum Gasteiger partial charge on any atom is 0.240 e. The Morgan fingerprint density at radius 1 is 1.47 bits per heavy atom. The molecule has 0 aromatic rings. The van der Waals surface area contributed by atoms with Crippen molar-refractivity contribution in [1.82, 2.24) is 10.2 Å². The summed E-state index contributed by atoms with van der Waals surface area (Å²) in [5, 5.41) is 12.0. The predicted octanol–water partition coefficient (Wildman–Crippen LogP) is 0.375. The number of nitrogens with zero attached hydrogens (tertiary/aromatic N) is 2. The number of rotatable bonds is 5. The van der Waals surface area contributed by atoms with Crippen LogP contribution < -0.4 is 5.32 Å². The van der Waals surface area contributed by atoms with E-state index in [0.29, 0.717) is 32.6 Å². The Bertz CT molecular complexity index is 291. The molecule has 1 heterocycles. The Balaban J connectivity index is 2.37. The second-order valence-corrected chi connectivity index (χ2v) is 4.72. The van der Waals surface area contributed by atoms with E-state index in [1.54, 1.807) is 0 Å². The molecule has 1 saturated heterocycles. The third-order valence-electron chi connectivity index (χ3n) is 3.06. The first-order valence-corrected chi connectivity index (χ1v) is 6.03. The van der Waals surface area contributed by atoms with Crippen molar-refractivity contribution >= 4 is 5.91 Å². The van der Waals surface area contributed by atoms with Gasteiger partial charge in [0.05, 0.1) is 6.07 Å². The molecular formula is C12H21N3O2. The van der Waals surface area contributed by atoms with Crippen molar-refractivity contribution in [3.63, 3.8) is 0 Å². The molecule has 0 aromatic carbocycles. The highest BCUT2D eigenvalue weighted by molar-refractivity contribution is 5.85. The minimum absolute atomic E-state index is 0.137. The van der Waals surface area contributed by atoms with Gasteiger partial charge in [0.2, 0.25) is 5.91 Å². The summed E-state index contributed by atoms with van der Waals surface area (Å²) in [4.78, 5) is 14.1. The molecule has 1 aliphatic heterocycles. The molecule has 0 radical (unpaired) electrons. The van der Waals surface area contributed by atoms with E-state index < -0.39 is 5.41 Å². The summed E-state index contributed by atoms with van der Waals surface area (Å²) < 4.78 is 5.20. The van der Waals surface area contributed by atoms with E-state index in [9.17, 15) is 10.1 Å². The van der Waals surface area contributed by atoms with Crippen LogP contribution in [-0.2, 0) is 9.53 Å². The summed E-state index contributed by atoms with van der Waals surface area (Å²) in [6, 6.07) is 2.16. The zero-order chi connectivity index (χ0) is 12.7. The third-order valence-corrected chi connectivity index (χ3v) is 3.06. The number of amides is 1. The van der Waals surface area contributed by atoms with E-state index in [0.717, 1.165) is 13.0 Å². The van der Waals surface area contributed by atoms with Crippen LogP contribution in [-0.4, -0.2) is 51.2 Å². The molecule has 0 aromatic heterocycles. The molecule has 0 spiro atoms. The summed E-state index contributed by atoms with van der Waals surface area (Å²) in [6.07, 6.45) is 1.91. The number of nitriles is 1. The van der Waals surface area contributed by atoms with Crippen LogP contribution >= 0.6 is 0 Å². The highest BCUT2D eigenvalue weighted by atomic mass is 16.5. The van der Waals surface area contributed by atoms with Crippen molar-refractivity contribution < 1.29 is 9.53 Å². The van der Waals surface area contributed by atoms with E-state index >= 15 is 0 Å². The monoisotopic (exact) mass is 239 g/mol. The van der Waals surface area contributed by atoms with Crippen LogP contribution in [0.25, 0.3) is 0 Å². The number of hydrogen-bond donors (Lipinski definition) is 1. The van der Waals surface area contributed by atoms with Crippen LogP contribution in [0.4, 0.5) is 0 Å². The Hall–Kier alpha value is -1.12. The maximum absolute atomic E-state index is 12.0. The van der Waals surface area contributed by atoms with Gasteiger partial charge in [-0.15, -0.1) is 0 Å². The predicted molar refractivity (Wildman–Crippen MR) is 64.3 cm³/mol. The highest BCUT2D eigenvalue weighted by Gasteiger charge is 2.40. The van der Waals surface area contributed by atoms with Crippen LogP contribution in [0.5, 0.6) is 0 Å². The molecule has 0 saturated carbocycles. The lowest BCUT2D eigenvalue weighted by Crippen LogP contribution is -2.44. The molecule has 0 atom stereocenters. The van der Waals surface area contributed by atoms with Gasteiger partial charge in [-0.05, 0) is 39.9 Å². The van der Waals surface area contributed by atoms with Crippen LogP contribution in [0.1, 0.15) is 19.3 Å². The van der Waals surface area contributed by atoms with Gasteiger partial charge in [0, 0.05) is 19.8 Å². The fraction of sp³-hybridized carbons (Fsp3) is 0.833. The normalized spacial score (nSPS) is 18.7. The van der Waals surface area contributed by atoms with Crippen LogP contribution in [0, 0.1) is 16.7 Å². The van der Waals surface area contributed by atoms with Crippen LogP contribution in [0.3, 0.4) is 0 Å². The lowest BCUT2D eigenvalue weighted by molar-refractivity contribution is -0.132. The average Bonchev–Trinajstić information content (AvgIpc) is 2.35. The van der Waals surface area contributed by atoms with Gasteiger partial charge in [-0.3, -0.25) is 4.79 Å². The molecule has 1 fully saturated rings. The zero-order valence-corrected chi connectivity index (χ0v) is 10.7. The molecule has 5 nitrogen and oxygen atoms in total. The number of ether oxygens (including phenoxy) is 1. The molecule has 0 bridgehead atoms. The van der Waals surface area contributed by atoms with Crippen molar-refractivity contribution in [2.45, 2.75) is 19.3 Å². The van der Waals surface area contributed by atoms with Gasteiger partial charge in [-0.2, -0.15) is 5.26 Å². The fourth-order valence-corrected chi connectivity index (χ4v) is 1.88. The molecule has 17 heavy (non-hydrogen) atoms. The SMILES string of the molecule is CN(C)CCCNC(=O)C1(C#N)CCOCC1. The van der Waals surface area contributed by atoms with E-state index in [1.807, 2.05) is 14.1 Å². The van der Waals surface area contributed by atoms with E-state index in [1.165, 1.54) is 0 Å². The minimum Gasteiger partial charge on any atom is -0.381 e. The van der Waals surface area contributed by atoms with Crippen molar-refractivity contribution in [3.8, 4) is 6.07 Å². The second kappa shape index (κ2) is 6.58. The first kappa shape index (κ1) is 13.9. The number of nitrogens with one attached hydrogen (secondary N) is 1. The average molecular weight is 239 g/mol. The van der Waals surface area contributed by atoms with Crippen LogP contribution in [0.2, 0.25) is 0 Å². The Morgan fingerprint density at radius 2 is 2.12 bits per heavy atom. The summed E-state index contributed by atoms with van der Waals surface area (Å²) >= 11 is 0. The maximum atomic E-state index is 12.0. The molecule has 1 aliphatic rings. The number of carbonyl (C=O) groups is 1. The Kier molecular flexibility index (Phi) is 5.39. The molecule has 1 N–H and O–H groups in total. The Labute approximate surface area is 103 Å². The smallest absolute Gasteiger partial charge is 0.240 e. The molecule has 96 valence electrons.